The Bertz CT molecular complexity index is 2800. The van der Waals surface area contributed by atoms with Crippen LogP contribution in [0.2, 0.25) is 0 Å². The Balaban J connectivity index is 0.000000775. The van der Waals surface area contributed by atoms with E-state index in [0.29, 0.717) is 55.6 Å². The monoisotopic (exact) mass is 1080 g/mol. The number of benzene rings is 3. The number of nitrogens with zero attached hydrogens (tertiary/aromatic N) is 8. The molecule has 2 amide bonds. The maximum absolute atomic E-state index is 14.6. The van der Waals surface area contributed by atoms with Gasteiger partial charge in [-0.15, -0.1) is 10.2 Å². The second kappa shape index (κ2) is 31.8. The van der Waals surface area contributed by atoms with Crippen LogP contribution in [0, 0.1) is 5.92 Å². The third-order valence-electron chi connectivity index (χ3n) is 14.6. The van der Waals surface area contributed by atoms with Crippen molar-refractivity contribution >= 4 is 30.3 Å². The molecule has 1 unspecified atom stereocenters. The van der Waals surface area contributed by atoms with E-state index >= 15 is 0 Å². The number of imide groups is 1. The Kier molecular flexibility index (Phi) is 25.5. The van der Waals surface area contributed by atoms with Gasteiger partial charge < -0.3 is 19.5 Å². The first-order valence-electron chi connectivity index (χ1n) is 28.1. The van der Waals surface area contributed by atoms with E-state index in [4.69, 9.17) is 14.3 Å². The number of carbonyl (C=O) groups excluding carboxylic acids is 3. The quantitative estimate of drug-likeness (QED) is 0.0780. The second-order valence-electron chi connectivity index (χ2n) is 20.1. The molecule has 5 heterocycles. The number of aryl methyl sites for hydroxylation is 1. The van der Waals surface area contributed by atoms with Crippen LogP contribution in [0.3, 0.4) is 0 Å². The zero-order chi connectivity index (χ0) is 56.6. The highest BCUT2D eigenvalue weighted by molar-refractivity contribution is 5.78. The molecule has 3 fully saturated rings. The largest absolute Gasteiger partial charge is 0.418 e. The number of hydrogen-bond acceptors (Lipinski definition) is 10. The standard InChI is InChI=1S/C51H61F3N8O3.C4H8.C2H3NO2.2C2H6/c1-5-8-36(2)57(3)30-43-27-44(17-16-42(43)33-63)60-21-18-38(19-22-60)23-37-12-14-39(15-13-37)34-65-46-11-7-20-59(31-46)28-41-25-47(51(52,53)54)48-32-61(50(64)62(48)29-41)45-10-6-9-40(24-45)26-49-56-55-35-58(49)4;1-2-4-3-1;4-1-3-2-5;2*1-2/h6,9-10,12-17,24-25,27,29,32-33,35-36,38,46H,5,7-8,11,18-23,26,28,30-31,34H2,1-4H3;1-4H2;1-2H,(H,3,4,5);2*1-2H3/t36-,46?;;;;/m0..../s1. The summed E-state index contributed by atoms with van der Waals surface area (Å²) in [5, 5.41) is 9.80. The Morgan fingerprint density at radius 3 is 2.12 bits per heavy atom. The molecule has 0 spiro atoms. The second-order valence-corrected chi connectivity index (χ2v) is 20.1. The summed E-state index contributed by atoms with van der Waals surface area (Å²) < 4.78 is 54.3. The highest BCUT2D eigenvalue weighted by Crippen LogP contribution is 2.34. The lowest BCUT2D eigenvalue weighted by molar-refractivity contribution is -0.136. The first-order valence-corrected chi connectivity index (χ1v) is 28.1. The summed E-state index contributed by atoms with van der Waals surface area (Å²) in [6.45, 7) is 17.2. The number of ether oxygens (including phenoxy) is 1. The van der Waals surface area contributed by atoms with Crippen LogP contribution in [0.15, 0.2) is 96.3 Å². The van der Waals surface area contributed by atoms with Gasteiger partial charge in [0.05, 0.1) is 29.5 Å². The molecule has 3 aliphatic rings. The van der Waals surface area contributed by atoms with Gasteiger partial charge in [-0.2, -0.15) is 13.2 Å². The number of likely N-dealkylation sites (tertiary alicyclic amines) is 1. The lowest BCUT2D eigenvalue weighted by Crippen LogP contribution is -2.39. The van der Waals surface area contributed by atoms with Crippen molar-refractivity contribution < 1.29 is 32.3 Å². The zero-order valence-electron chi connectivity index (χ0n) is 47.3. The van der Waals surface area contributed by atoms with Crippen LogP contribution >= 0.6 is 0 Å². The molecule has 1 aliphatic carbocycles. The summed E-state index contributed by atoms with van der Waals surface area (Å²) in [7, 11) is 3.98. The number of anilines is 1. The molecular formula is C61H84F3N9O5. The van der Waals surface area contributed by atoms with Gasteiger partial charge in [-0.25, -0.2) is 4.79 Å². The fourth-order valence-electron chi connectivity index (χ4n) is 9.86. The van der Waals surface area contributed by atoms with Crippen LogP contribution < -0.4 is 15.9 Å². The van der Waals surface area contributed by atoms with Crippen LogP contribution in [0.25, 0.3) is 11.2 Å². The summed E-state index contributed by atoms with van der Waals surface area (Å²) in [6, 6.07) is 23.8. The smallest absolute Gasteiger partial charge is 0.372 e. The first kappa shape index (κ1) is 62.4. The highest BCUT2D eigenvalue weighted by atomic mass is 19.4. The van der Waals surface area contributed by atoms with Crippen molar-refractivity contribution in [1.29, 1.82) is 0 Å². The summed E-state index contributed by atoms with van der Waals surface area (Å²) >= 11 is 0. The number of imidazole rings is 1. The Morgan fingerprint density at radius 1 is 0.821 bits per heavy atom. The molecule has 2 atom stereocenters. The van der Waals surface area contributed by atoms with E-state index in [1.807, 2.05) is 46.9 Å². The number of fused-ring (bicyclic) bond motifs is 1. The van der Waals surface area contributed by atoms with Crippen LogP contribution in [0.5, 0.6) is 0 Å². The topological polar surface area (TPSA) is 139 Å². The molecule has 3 aromatic heterocycles. The van der Waals surface area contributed by atoms with Gasteiger partial charge in [0.1, 0.15) is 18.4 Å². The molecule has 3 aromatic carbocycles. The third-order valence-corrected chi connectivity index (χ3v) is 14.6. The summed E-state index contributed by atoms with van der Waals surface area (Å²) in [6.07, 6.45) is 15.0. The maximum atomic E-state index is 14.6. The molecule has 6 aromatic rings. The minimum atomic E-state index is -4.66. The van der Waals surface area contributed by atoms with Gasteiger partial charge in [-0.1, -0.05) is 103 Å². The molecule has 424 valence electrons. The minimum absolute atomic E-state index is 0.0618. The summed E-state index contributed by atoms with van der Waals surface area (Å²) in [5.41, 5.74) is 5.61. The number of amides is 2. The van der Waals surface area contributed by atoms with Crippen molar-refractivity contribution in [3.05, 3.63) is 147 Å². The van der Waals surface area contributed by atoms with E-state index < -0.39 is 17.4 Å². The molecule has 0 radical (unpaired) electrons. The molecular weight excluding hydrogens is 996 g/mol. The van der Waals surface area contributed by atoms with Gasteiger partial charge in [0.15, 0.2) is 0 Å². The van der Waals surface area contributed by atoms with Crippen molar-refractivity contribution in [3.8, 4) is 5.69 Å². The maximum Gasteiger partial charge on any atom is 0.418 e. The molecule has 1 N–H and O–H groups in total. The fourth-order valence-corrected chi connectivity index (χ4v) is 9.86. The highest BCUT2D eigenvalue weighted by Gasteiger charge is 2.35. The van der Waals surface area contributed by atoms with E-state index in [9.17, 15) is 22.8 Å². The van der Waals surface area contributed by atoms with Crippen molar-refractivity contribution in [2.45, 2.75) is 157 Å². The number of pyridine rings is 1. The lowest BCUT2D eigenvalue weighted by Gasteiger charge is -2.34. The molecule has 9 rings (SSSR count). The number of alkyl halides is 3. The predicted octanol–water partition coefficient (Wildman–Crippen LogP) is 11.4. The van der Waals surface area contributed by atoms with E-state index in [2.05, 4.69) is 82.2 Å². The van der Waals surface area contributed by atoms with Gasteiger partial charge in [-0.3, -0.25) is 33.2 Å². The van der Waals surface area contributed by atoms with Crippen LogP contribution in [0.1, 0.15) is 155 Å². The SMILES string of the molecule is C1CCC1.CC.CC.CCC[C@H](C)N(C)Cc1cc(N2CCC(Cc3ccc(COC4CCCN(Cc5cc(C(F)(F)F)c6cn(-c7cccc(Cc8nncn8C)c7)c(=O)n6c5)C4)cc3)CC2)ccc1C=O.O=CNC=O. The third kappa shape index (κ3) is 18.1. The molecule has 78 heavy (non-hydrogen) atoms. The fraction of sp³-hybridized carbons (Fsp3) is 0.508. The number of aldehydes is 1. The average molecular weight is 1080 g/mol. The van der Waals surface area contributed by atoms with Crippen molar-refractivity contribution in [2.75, 3.05) is 38.1 Å². The van der Waals surface area contributed by atoms with Gasteiger partial charge in [0.2, 0.25) is 12.8 Å². The summed E-state index contributed by atoms with van der Waals surface area (Å²) in [5.74, 6) is 1.33. The minimum Gasteiger partial charge on any atom is -0.372 e. The first-order chi connectivity index (χ1) is 37.8. The van der Waals surface area contributed by atoms with E-state index in [1.165, 1.54) is 53.8 Å². The molecule has 2 aliphatic heterocycles. The van der Waals surface area contributed by atoms with Gasteiger partial charge >= 0.3 is 11.9 Å². The number of nitrogens with one attached hydrogen (secondary N) is 1. The van der Waals surface area contributed by atoms with Crippen molar-refractivity contribution in [2.24, 2.45) is 13.0 Å². The van der Waals surface area contributed by atoms with E-state index in [1.54, 1.807) is 40.6 Å². The molecule has 1 saturated carbocycles. The van der Waals surface area contributed by atoms with E-state index in [-0.39, 0.29) is 18.2 Å². The molecule has 17 heteroatoms. The van der Waals surface area contributed by atoms with Gasteiger partial charge in [0.25, 0.3) is 0 Å². The normalized spacial score (nSPS) is 15.9. The van der Waals surface area contributed by atoms with Crippen LogP contribution in [-0.4, -0.2) is 98.0 Å². The Hall–Kier alpha value is -6.43. The number of rotatable bonds is 19. The molecule has 0 bridgehead atoms. The number of piperidine rings is 2. The number of hydrogen-bond donors (Lipinski definition) is 1. The van der Waals surface area contributed by atoms with Crippen LogP contribution in [0.4, 0.5) is 18.9 Å². The van der Waals surface area contributed by atoms with Gasteiger partial charge in [0, 0.05) is 75.9 Å². The Morgan fingerprint density at radius 2 is 1.51 bits per heavy atom. The number of halogens is 3. The molecule has 14 nitrogen and oxygen atoms in total. The average Bonchev–Trinajstić information content (AvgIpc) is 4.07. The zero-order valence-corrected chi connectivity index (χ0v) is 47.3. The number of aromatic nitrogens is 5. The van der Waals surface area contributed by atoms with Crippen molar-refractivity contribution in [1.82, 2.24) is 38.8 Å². The molecule has 2 saturated heterocycles. The number of carbonyl (C=O) groups is 3. The Labute approximate surface area is 460 Å². The van der Waals surface area contributed by atoms with Gasteiger partial charge in [-0.05, 0) is 129 Å². The lowest BCUT2D eigenvalue weighted by atomic mass is 9.89. The predicted molar refractivity (Wildman–Crippen MR) is 304 cm³/mol. The van der Waals surface area contributed by atoms with E-state index in [0.717, 1.165) is 110 Å². The van der Waals surface area contributed by atoms with Crippen LogP contribution in [-0.2, 0) is 60.1 Å². The summed E-state index contributed by atoms with van der Waals surface area (Å²) in [4.78, 5) is 50.7. The van der Waals surface area contributed by atoms with Crippen molar-refractivity contribution in [3.63, 3.8) is 0 Å².